The molecule has 0 aliphatic carbocycles. The van der Waals surface area contributed by atoms with Gasteiger partial charge in [-0.05, 0) is 24.3 Å². The zero-order valence-corrected chi connectivity index (χ0v) is 15.6. The molecule has 7 heteroatoms. The van der Waals surface area contributed by atoms with E-state index in [4.69, 9.17) is 39.5 Å². The number of rotatable bonds is 6. The smallest absolute Gasteiger partial charge is 0.279 e. The molecule has 4 nitrogen and oxygen atoms in total. The molecule has 2 aromatic carbocycles. The molecule has 1 amide bonds. The van der Waals surface area contributed by atoms with E-state index in [0.717, 1.165) is 10.5 Å². The predicted molar refractivity (Wildman–Crippen MR) is 98.6 cm³/mol. The lowest BCUT2D eigenvalue weighted by atomic mass is 10.2. The molecule has 2 N–H and O–H groups in total. The summed E-state index contributed by atoms with van der Waals surface area (Å²) in [7, 11) is 3.45. The lowest BCUT2D eigenvalue weighted by Crippen LogP contribution is -3.08. The molecule has 1 unspecified atom stereocenters. The van der Waals surface area contributed by atoms with Crippen LogP contribution in [0.2, 0.25) is 15.1 Å². The number of anilines is 1. The van der Waals surface area contributed by atoms with Gasteiger partial charge in [-0.2, -0.15) is 0 Å². The van der Waals surface area contributed by atoms with Crippen LogP contribution in [0.5, 0.6) is 5.75 Å². The number of carbonyl (C=O) groups excluding carboxylic acids is 1. The van der Waals surface area contributed by atoms with Crippen molar-refractivity contribution >= 4 is 46.4 Å². The van der Waals surface area contributed by atoms with Gasteiger partial charge in [-0.25, -0.2) is 0 Å². The van der Waals surface area contributed by atoms with Crippen molar-refractivity contribution in [2.45, 2.75) is 6.54 Å². The Balaban J connectivity index is 1.99. The summed E-state index contributed by atoms with van der Waals surface area (Å²) in [5.74, 6) is 0.412. The molecule has 1 atom stereocenters. The first-order chi connectivity index (χ1) is 11.4. The van der Waals surface area contributed by atoms with Crippen LogP contribution in [0.1, 0.15) is 5.56 Å². The van der Waals surface area contributed by atoms with Crippen LogP contribution >= 0.6 is 34.8 Å². The van der Waals surface area contributed by atoms with Gasteiger partial charge in [-0.3, -0.25) is 4.79 Å². The highest BCUT2D eigenvalue weighted by Gasteiger charge is 2.15. The Bertz CT molecular complexity index is 738. The number of ether oxygens (including phenoxy) is 1. The molecule has 0 fully saturated rings. The molecule has 0 aliphatic heterocycles. The summed E-state index contributed by atoms with van der Waals surface area (Å²) in [6.45, 7) is 0.845. The highest BCUT2D eigenvalue weighted by Crippen LogP contribution is 2.27. The van der Waals surface area contributed by atoms with Gasteiger partial charge in [0.05, 0.1) is 29.9 Å². The Morgan fingerprint density at radius 2 is 1.96 bits per heavy atom. The Labute approximate surface area is 156 Å². The zero-order valence-electron chi connectivity index (χ0n) is 13.3. The maximum Gasteiger partial charge on any atom is 0.279 e. The van der Waals surface area contributed by atoms with Gasteiger partial charge in [0.1, 0.15) is 12.3 Å². The topological polar surface area (TPSA) is 42.8 Å². The van der Waals surface area contributed by atoms with Gasteiger partial charge in [0.15, 0.2) is 6.54 Å². The van der Waals surface area contributed by atoms with Gasteiger partial charge in [-0.15, -0.1) is 0 Å². The molecule has 24 heavy (non-hydrogen) atoms. The van der Waals surface area contributed by atoms with Crippen molar-refractivity contribution < 1.29 is 14.4 Å². The molecule has 0 aromatic heterocycles. The van der Waals surface area contributed by atoms with Crippen LogP contribution in [0.4, 0.5) is 5.69 Å². The molecule has 2 aromatic rings. The number of halogens is 3. The molecule has 2 rings (SSSR count). The Hall–Kier alpha value is -1.46. The number of carbonyl (C=O) groups is 1. The second-order valence-electron chi connectivity index (χ2n) is 5.42. The fourth-order valence-corrected chi connectivity index (χ4v) is 2.88. The fourth-order valence-electron chi connectivity index (χ4n) is 2.32. The Morgan fingerprint density at radius 1 is 1.21 bits per heavy atom. The van der Waals surface area contributed by atoms with Crippen LogP contribution in [-0.4, -0.2) is 26.6 Å². The maximum absolute atomic E-state index is 12.3. The van der Waals surface area contributed by atoms with Crippen LogP contribution in [0, 0.1) is 0 Å². The lowest BCUT2D eigenvalue weighted by molar-refractivity contribution is -0.885. The van der Waals surface area contributed by atoms with Gasteiger partial charge in [0, 0.05) is 10.6 Å². The van der Waals surface area contributed by atoms with Crippen LogP contribution < -0.4 is 15.0 Å². The van der Waals surface area contributed by atoms with Crippen molar-refractivity contribution in [3.63, 3.8) is 0 Å². The summed E-state index contributed by atoms with van der Waals surface area (Å²) >= 11 is 18.2. The van der Waals surface area contributed by atoms with Crippen LogP contribution in [0.15, 0.2) is 36.4 Å². The van der Waals surface area contributed by atoms with Crippen molar-refractivity contribution in [3.05, 3.63) is 57.0 Å². The first-order valence-electron chi connectivity index (χ1n) is 7.28. The third-order valence-electron chi connectivity index (χ3n) is 3.42. The lowest BCUT2D eigenvalue weighted by Gasteiger charge is -2.16. The van der Waals surface area contributed by atoms with E-state index in [1.165, 1.54) is 7.11 Å². The molecule has 0 radical (unpaired) electrons. The van der Waals surface area contributed by atoms with Crippen molar-refractivity contribution in [3.8, 4) is 5.75 Å². The van der Waals surface area contributed by atoms with E-state index in [2.05, 4.69) is 5.32 Å². The minimum Gasteiger partial charge on any atom is -0.495 e. The van der Waals surface area contributed by atoms with Gasteiger partial charge < -0.3 is 15.0 Å². The average molecular weight is 389 g/mol. The molecule has 0 bridgehead atoms. The van der Waals surface area contributed by atoms with E-state index < -0.39 is 0 Å². The second-order valence-corrected chi connectivity index (χ2v) is 6.64. The molecule has 0 saturated heterocycles. The first kappa shape index (κ1) is 18.9. The third kappa shape index (κ3) is 5.02. The molecule has 0 aliphatic rings. The van der Waals surface area contributed by atoms with Crippen LogP contribution in [0.3, 0.4) is 0 Å². The third-order valence-corrected chi connectivity index (χ3v) is 4.51. The normalized spacial score (nSPS) is 11.9. The van der Waals surface area contributed by atoms with Gasteiger partial charge in [0.25, 0.3) is 5.91 Å². The summed E-state index contributed by atoms with van der Waals surface area (Å²) in [5, 5.41) is 4.38. The molecule has 128 valence electrons. The number of amides is 1. The number of benzene rings is 2. The Kier molecular flexibility index (Phi) is 6.75. The van der Waals surface area contributed by atoms with E-state index in [1.54, 1.807) is 24.3 Å². The van der Waals surface area contributed by atoms with E-state index in [-0.39, 0.29) is 12.5 Å². The molecular weight excluding hydrogens is 371 g/mol. The van der Waals surface area contributed by atoms with E-state index in [1.807, 2.05) is 19.2 Å². The first-order valence-corrected chi connectivity index (χ1v) is 8.41. The SMILES string of the molecule is COc1ccc(Cl)cc1NC(=O)C[NH+](C)Cc1cccc(Cl)c1Cl. The highest BCUT2D eigenvalue weighted by atomic mass is 35.5. The average Bonchev–Trinajstić information content (AvgIpc) is 2.52. The number of likely N-dealkylation sites (N-methyl/N-ethyl adjacent to an activating group) is 1. The number of nitrogens with one attached hydrogen (secondary N) is 2. The summed E-state index contributed by atoms with van der Waals surface area (Å²) in [5.41, 5.74) is 1.44. The van der Waals surface area contributed by atoms with E-state index in [9.17, 15) is 4.79 Å². The number of methoxy groups -OCH3 is 1. The minimum atomic E-state index is -0.147. The second kappa shape index (κ2) is 8.58. The number of hydrogen-bond acceptors (Lipinski definition) is 2. The maximum atomic E-state index is 12.3. The van der Waals surface area contributed by atoms with Crippen LogP contribution in [0.25, 0.3) is 0 Å². The standard InChI is InChI=1S/C17H17Cl3N2O2/c1-22(9-11-4-3-5-13(19)17(11)20)10-16(23)21-14-8-12(18)6-7-15(14)24-2/h3-8H,9-10H2,1-2H3,(H,21,23)/p+1. The fraction of sp³-hybridized carbons (Fsp3) is 0.235. The summed E-state index contributed by atoms with van der Waals surface area (Å²) in [6, 6.07) is 10.5. The largest absolute Gasteiger partial charge is 0.495 e. The molecule has 0 saturated carbocycles. The molecular formula is C17H18Cl3N2O2+. The molecule has 0 spiro atoms. The van der Waals surface area contributed by atoms with Gasteiger partial charge >= 0.3 is 0 Å². The van der Waals surface area contributed by atoms with Crippen molar-refractivity contribution in [2.24, 2.45) is 0 Å². The monoisotopic (exact) mass is 387 g/mol. The highest BCUT2D eigenvalue weighted by molar-refractivity contribution is 6.42. The Morgan fingerprint density at radius 3 is 2.67 bits per heavy atom. The van der Waals surface area contributed by atoms with Crippen molar-refractivity contribution in [1.82, 2.24) is 0 Å². The van der Waals surface area contributed by atoms with E-state index in [0.29, 0.717) is 33.0 Å². The quantitative estimate of drug-likeness (QED) is 0.797. The van der Waals surface area contributed by atoms with Crippen molar-refractivity contribution in [2.75, 3.05) is 26.0 Å². The summed E-state index contributed by atoms with van der Waals surface area (Å²) in [6.07, 6.45) is 0. The molecule has 0 heterocycles. The summed E-state index contributed by atoms with van der Waals surface area (Å²) in [4.78, 5) is 13.2. The van der Waals surface area contributed by atoms with Crippen molar-refractivity contribution in [1.29, 1.82) is 0 Å². The van der Waals surface area contributed by atoms with Crippen LogP contribution in [-0.2, 0) is 11.3 Å². The van der Waals surface area contributed by atoms with E-state index >= 15 is 0 Å². The predicted octanol–water partition coefficient (Wildman–Crippen LogP) is 3.31. The van der Waals surface area contributed by atoms with Gasteiger partial charge in [0.2, 0.25) is 0 Å². The minimum absolute atomic E-state index is 0.147. The zero-order chi connectivity index (χ0) is 17.7. The number of hydrogen-bond donors (Lipinski definition) is 2. The van der Waals surface area contributed by atoms with Gasteiger partial charge in [-0.1, -0.05) is 46.9 Å². The number of quaternary nitrogens is 1. The summed E-state index contributed by atoms with van der Waals surface area (Å²) < 4.78 is 5.22.